The molecule has 0 unspecified atom stereocenters. The second-order valence-corrected chi connectivity index (χ2v) is 3.91. The predicted octanol–water partition coefficient (Wildman–Crippen LogP) is 1.74. The van der Waals surface area contributed by atoms with Gasteiger partial charge in [-0.25, -0.2) is 4.79 Å². The maximum atomic E-state index is 11.3. The predicted molar refractivity (Wildman–Crippen MR) is 61.4 cm³/mol. The van der Waals surface area contributed by atoms with E-state index in [4.69, 9.17) is 4.74 Å². The summed E-state index contributed by atoms with van der Waals surface area (Å²) in [4.78, 5) is 22.2. The summed E-state index contributed by atoms with van der Waals surface area (Å²) in [6, 6.07) is 5.21. The molecular weight excluding hydrogens is 276 g/mol. The molecule has 0 saturated carbocycles. The third kappa shape index (κ3) is 3.06. The van der Waals surface area contributed by atoms with Crippen molar-refractivity contribution in [3.8, 4) is 5.75 Å². The molecule has 0 heterocycles. The molecule has 0 atom stereocenters. The number of rotatable bonds is 4. The molecule has 16 heavy (non-hydrogen) atoms. The molecule has 0 N–H and O–H groups in total. The van der Waals surface area contributed by atoms with Crippen molar-refractivity contribution in [2.45, 2.75) is 6.42 Å². The Bertz CT molecular complexity index is 414. The van der Waals surface area contributed by atoms with Crippen LogP contribution in [0.2, 0.25) is 0 Å². The highest BCUT2D eigenvalue weighted by atomic mass is 79.9. The van der Waals surface area contributed by atoms with Gasteiger partial charge in [0, 0.05) is 6.42 Å². The van der Waals surface area contributed by atoms with E-state index in [0.29, 0.717) is 11.3 Å². The third-order valence-electron chi connectivity index (χ3n) is 1.99. The minimum atomic E-state index is -0.832. The molecule has 0 amide bonds. The molecule has 0 spiro atoms. The van der Waals surface area contributed by atoms with Gasteiger partial charge in [-0.1, -0.05) is 6.07 Å². The molecule has 0 aliphatic carbocycles. The number of benzene rings is 1. The standard InChI is InChI=1S/C11H11BrO4/c1-15-10-6-7(3-4-8(10)12)5-9(13)11(14)16-2/h3-4,6H,5H2,1-2H3. The molecule has 0 aromatic heterocycles. The third-order valence-corrected chi connectivity index (χ3v) is 2.65. The number of carbonyl (C=O) groups excluding carboxylic acids is 2. The zero-order chi connectivity index (χ0) is 12.1. The first-order chi connectivity index (χ1) is 7.58. The lowest BCUT2D eigenvalue weighted by molar-refractivity contribution is -0.151. The maximum absolute atomic E-state index is 11.3. The summed E-state index contributed by atoms with van der Waals surface area (Å²) in [5, 5.41) is 0. The van der Waals surface area contributed by atoms with E-state index >= 15 is 0 Å². The van der Waals surface area contributed by atoms with Gasteiger partial charge in [-0.15, -0.1) is 0 Å². The Balaban J connectivity index is 2.82. The van der Waals surface area contributed by atoms with Gasteiger partial charge in [0.05, 0.1) is 18.7 Å². The Morgan fingerprint density at radius 3 is 2.56 bits per heavy atom. The van der Waals surface area contributed by atoms with Gasteiger partial charge >= 0.3 is 5.97 Å². The average molecular weight is 287 g/mol. The normalized spacial score (nSPS) is 9.69. The summed E-state index contributed by atoms with van der Waals surface area (Å²) in [6.45, 7) is 0. The van der Waals surface area contributed by atoms with Gasteiger partial charge in [0.15, 0.2) is 0 Å². The fourth-order valence-electron chi connectivity index (χ4n) is 1.19. The molecule has 0 bridgehead atoms. The van der Waals surface area contributed by atoms with Crippen LogP contribution in [0.4, 0.5) is 0 Å². The summed E-state index contributed by atoms with van der Waals surface area (Å²) < 4.78 is 10.2. The van der Waals surface area contributed by atoms with Crippen molar-refractivity contribution in [2.24, 2.45) is 0 Å². The van der Waals surface area contributed by atoms with Crippen LogP contribution in [0.15, 0.2) is 22.7 Å². The Hall–Kier alpha value is -1.36. The zero-order valence-electron chi connectivity index (χ0n) is 8.95. The van der Waals surface area contributed by atoms with E-state index in [1.807, 2.05) is 0 Å². The molecule has 0 radical (unpaired) electrons. The zero-order valence-corrected chi connectivity index (χ0v) is 10.5. The van der Waals surface area contributed by atoms with Crippen LogP contribution < -0.4 is 4.74 Å². The smallest absolute Gasteiger partial charge is 0.374 e. The van der Waals surface area contributed by atoms with E-state index in [0.717, 1.165) is 4.47 Å². The van der Waals surface area contributed by atoms with Crippen molar-refractivity contribution in [2.75, 3.05) is 14.2 Å². The number of carbonyl (C=O) groups is 2. The van der Waals surface area contributed by atoms with Crippen molar-refractivity contribution in [1.29, 1.82) is 0 Å². The Morgan fingerprint density at radius 2 is 2.00 bits per heavy atom. The Labute approximate surface area is 102 Å². The Morgan fingerprint density at radius 1 is 1.31 bits per heavy atom. The number of hydrogen-bond donors (Lipinski definition) is 0. The number of methoxy groups -OCH3 is 2. The van der Waals surface area contributed by atoms with Crippen LogP contribution in [0.25, 0.3) is 0 Å². The number of ketones is 1. The van der Waals surface area contributed by atoms with Gasteiger partial charge in [0.2, 0.25) is 5.78 Å². The first-order valence-electron chi connectivity index (χ1n) is 4.52. The van der Waals surface area contributed by atoms with E-state index in [2.05, 4.69) is 20.7 Å². The Kier molecular flexibility index (Phi) is 4.49. The van der Waals surface area contributed by atoms with Crippen molar-refractivity contribution in [3.05, 3.63) is 28.2 Å². The first kappa shape index (κ1) is 12.7. The highest BCUT2D eigenvalue weighted by molar-refractivity contribution is 9.10. The quantitative estimate of drug-likeness (QED) is 0.625. The van der Waals surface area contributed by atoms with Gasteiger partial charge < -0.3 is 9.47 Å². The van der Waals surface area contributed by atoms with Gasteiger partial charge in [-0.2, -0.15) is 0 Å². The molecule has 5 heteroatoms. The minimum Gasteiger partial charge on any atom is -0.496 e. The van der Waals surface area contributed by atoms with E-state index < -0.39 is 11.8 Å². The molecule has 86 valence electrons. The van der Waals surface area contributed by atoms with Crippen LogP contribution in [-0.4, -0.2) is 26.0 Å². The van der Waals surface area contributed by atoms with Crippen molar-refractivity contribution in [3.63, 3.8) is 0 Å². The van der Waals surface area contributed by atoms with Crippen LogP contribution >= 0.6 is 15.9 Å². The van der Waals surface area contributed by atoms with Crippen molar-refractivity contribution >= 4 is 27.7 Å². The van der Waals surface area contributed by atoms with Crippen LogP contribution in [0.5, 0.6) is 5.75 Å². The molecule has 0 fully saturated rings. The molecule has 1 rings (SSSR count). The van der Waals surface area contributed by atoms with Crippen LogP contribution in [0.3, 0.4) is 0 Å². The lowest BCUT2D eigenvalue weighted by Crippen LogP contribution is -2.17. The molecule has 1 aromatic carbocycles. The molecule has 0 aliphatic rings. The molecule has 0 saturated heterocycles. The van der Waals surface area contributed by atoms with Crippen molar-refractivity contribution < 1.29 is 19.1 Å². The number of hydrogen-bond acceptors (Lipinski definition) is 4. The van der Waals surface area contributed by atoms with Crippen molar-refractivity contribution in [1.82, 2.24) is 0 Å². The first-order valence-corrected chi connectivity index (χ1v) is 5.31. The number of ether oxygens (including phenoxy) is 2. The highest BCUT2D eigenvalue weighted by Crippen LogP contribution is 2.25. The van der Waals surface area contributed by atoms with Crippen LogP contribution in [0, 0.1) is 0 Å². The number of Topliss-reactive ketones (excluding diaryl/α,β-unsaturated/α-hetero) is 1. The number of esters is 1. The summed E-state index contributed by atoms with van der Waals surface area (Å²) >= 11 is 3.30. The fraction of sp³-hybridized carbons (Fsp3) is 0.273. The second-order valence-electron chi connectivity index (χ2n) is 3.06. The molecule has 4 nitrogen and oxygen atoms in total. The van der Waals surface area contributed by atoms with E-state index in [1.165, 1.54) is 14.2 Å². The second kappa shape index (κ2) is 5.65. The van der Waals surface area contributed by atoms with E-state index in [-0.39, 0.29) is 6.42 Å². The van der Waals surface area contributed by atoms with Crippen LogP contribution in [0.1, 0.15) is 5.56 Å². The van der Waals surface area contributed by atoms with Gasteiger partial charge in [0.1, 0.15) is 5.75 Å². The summed E-state index contributed by atoms with van der Waals surface area (Å²) in [7, 11) is 2.72. The number of halogens is 1. The van der Waals surface area contributed by atoms with Gasteiger partial charge in [-0.3, -0.25) is 4.79 Å². The summed E-state index contributed by atoms with van der Waals surface area (Å²) in [5.41, 5.74) is 0.704. The SMILES string of the molecule is COC(=O)C(=O)Cc1ccc(Br)c(OC)c1. The lowest BCUT2D eigenvalue weighted by atomic mass is 10.1. The highest BCUT2D eigenvalue weighted by Gasteiger charge is 2.15. The van der Waals surface area contributed by atoms with Gasteiger partial charge in [0.25, 0.3) is 0 Å². The van der Waals surface area contributed by atoms with Gasteiger partial charge in [-0.05, 0) is 33.6 Å². The monoisotopic (exact) mass is 286 g/mol. The molecule has 0 aliphatic heterocycles. The lowest BCUT2D eigenvalue weighted by Gasteiger charge is -2.05. The average Bonchev–Trinajstić information content (AvgIpc) is 2.30. The maximum Gasteiger partial charge on any atom is 0.374 e. The largest absolute Gasteiger partial charge is 0.496 e. The topological polar surface area (TPSA) is 52.6 Å². The van der Waals surface area contributed by atoms with E-state index in [1.54, 1.807) is 18.2 Å². The molecular formula is C11H11BrO4. The minimum absolute atomic E-state index is 0.0102. The van der Waals surface area contributed by atoms with Crippen LogP contribution in [-0.2, 0) is 20.7 Å². The summed E-state index contributed by atoms with van der Waals surface area (Å²) in [5.74, 6) is -0.788. The summed E-state index contributed by atoms with van der Waals surface area (Å²) in [6.07, 6.45) is 0.0102. The van der Waals surface area contributed by atoms with E-state index in [9.17, 15) is 9.59 Å². The fourth-order valence-corrected chi connectivity index (χ4v) is 1.59. The molecule has 1 aromatic rings.